The molecule has 1 atom stereocenters. The largest absolute Gasteiger partial charge is 0.357 e. The molecular formula is C20H34N6O. The van der Waals surface area contributed by atoms with E-state index in [4.69, 9.17) is 4.99 Å². The Kier molecular flexibility index (Phi) is 7.12. The molecular weight excluding hydrogens is 340 g/mol. The van der Waals surface area contributed by atoms with E-state index >= 15 is 0 Å². The van der Waals surface area contributed by atoms with Crippen LogP contribution in [0.25, 0.3) is 0 Å². The van der Waals surface area contributed by atoms with Crippen LogP contribution in [0.1, 0.15) is 51.0 Å². The Labute approximate surface area is 162 Å². The summed E-state index contributed by atoms with van der Waals surface area (Å²) >= 11 is 0. The fourth-order valence-corrected chi connectivity index (χ4v) is 4.10. The summed E-state index contributed by atoms with van der Waals surface area (Å²) in [5.74, 6) is 1.51. The van der Waals surface area contributed by atoms with Gasteiger partial charge in [0.25, 0.3) is 0 Å². The van der Waals surface area contributed by atoms with Crippen molar-refractivity contribution in [1.29, 1.82) is 0 Å². The molecule has 1 aliphatic carbocycles. The first kappa shape index (κ1) is 19.7. The highest BCUT2D eigenvalue weighted by Gasteiger charge is 2.32. The highest BCUT2D eigenvalue weighted by atomic mass is 16.2. The molecule has 2 fully saturated rings. The van der Waals surface area contributed by atoms with Gasteiger partial charge in [-0.25, -0.2) is 0 Å². The van der Waals surface area contributed by atoms with Crippen molar-refractivity contribution in [2.45, 2.75) is 57.9 Å². The lowest BCUT2D eigenvalue weighted by molar-refractivity contribution is -0.134. The first-order valence-corrected chi connectivity index (χ1v) is 10.5. The van der Waals surface area contributed by atoms with Crippen LogP contribution < -0.4 is 10.6 Å². The smallest absolute Gasteiger partial charge is 0.225 e. The Hall–Kier alpha value is -2.05. The molecule has 1 aromatic heterocycles. The standard InChI is InChI=1S/C20H34N6O/c1-3-21-20(22-11-6-7-16-13-23-25(2)14-16)24-18-10-12-26(15-18)19(27)17-8-4-5-9-17/h13-14,17-18H,3-12,15H2,1-2H3,(H2,21,22,24). The van der Waals surface area contributed by atoms with E-state index in [2.05, 4.69) is 33.8 Å². The minimum Gasteiger partial charge on any atom is -0.357 e. The van der Waals surface area contributed by atoms with Crippen LogP contribution in [0, 0.1) is 5.92 Å². The van der Waals surface area contributed by atoms with Crippen LogP contribution in [0.15, 0.2) is 17.4 Å². The number of aromatic nitrogens is 2. The van der Waals surface area contributed by atoms with Crippen molar-refractivity contribution in [2.24, 2.45) is 18.0 Å². The van der Waals surface area contributed by atoms with Crippen molar-refractivity contribution < 1.29 is 4.79 Å². The van der Waals surface area contributed by atoms with Gasteiger partial charge in [-0.05, 0) is 44.6 Å². The lowest BCUT2D eigenvalue weighted by Crippen LogP contribution is -2.45. The average Bonchev–Trinajstić information content (AvgIpc) is 3.40. The maximum Gasteiger partial charge on any atom is 0.225 e. The van der Waals surface area contributed by atoms with E-state index in [-0.39, 0.29) is 5.92 Å². The molecule has 27 heavy (non-hydrogen) atoms. The van der Waals surface area contributed by atoms with Crippen molar-refractivity contribution in [3.8, 4) is 0 Å². The number of nitrogens with zero attached hydrogens (tertiary/aromatic N) is 4. The zero-order valence-corrected chi connectivity index (χ0v) is 16.8. The fourth-order valence-electron chi connectivity index (χ4n) is 4.10. The predicted molar refractivity (Wildman–Crippen MR) is 108 cm³/mol. The van der Waals surface area contributed by atoms with Gasteiger partial charge in [-0.3, -0.25) is 14.5 Å². The number of nitrogens with one attached hydrogen (secondary N) is 2. The van der Waals surface area contributed by atoms with E-state index in [0.717, 1.165) is 64.2 Å². The second-order valence-corrected chi connectivity index (χ2v) is 7.78. The van der Waals surface area contributed by atoms with E-state index in [1.165, 1.54) is 18.4 Å². The van der Waals surface area contributed by atoms with Gasteiger partial charge in [0.15, 0.2) is 5.96 Å². The molecule has 0 bridgehead atoms. The summed E-state index contributed by atoms with van der Waals surface area (Å²) < 4.78 is 1.84. The molecule has 0 aromatic carbocycles. The van der Waals surface area contributed by atoms with Gasteiger partial charge >= 0.3 is 0 Å². The SMILES string of the molecule is CCNC(=NCCCc1cnn(C)c1)NC1CCN(C(=O)C2CCCC2)C1. The molecule has 1 unspecified atom stereocenters. The van der Waals surface area contributed by atoms with Gasteiger partial charge in [0, 0.05) is 51.4 Å². The minimum absolute atomic E-state index is 0.276. The fraction of sp³-hybridized carbons (Fsp3) is 0.750. The molecule has 1 aliphatic heterocycles. The number of carbonyl (C=O) groups excluding carboxylic acids is 1. The number of likely N-dealkylation sites (tertiary alicyclic amines) is 1. The van der Waals surface area contributed by atoms with E-state index in [9.17, 15) is 4.79 Å². The maximum absolute atomic E-state index is 12.6. The molecule has 2 heterocycles. The predicted octanol–water partition coefficient (Wildman–Crippen LogP) is 1.70. The summed E-state index contributed by atoms with van der Waals surface area (Å²) in [4.78, 5) is 19.4. The van der Waals surface area contributed by atoms with Crippen LogP contribution in [0.3, 0.4) is 0 Å². The Morgan fingerprint density at radius 2 is 2.15 bits per heavy atom. The van der Waals surface area contributed by atoms with Crippen molar-refractivity contribution in [2.75, 3.05) is 26.2 Å². The molecule has 1 aromatic rings. The quantitative estimate of drug-likeness (QED) is 0.433. The second-order valence-electron chi connectivity index (χ2n) is 7.78. The highest BCUT2D eigenvalue weighted by Crippen LogP contribution is 2.27. The van der Waals surface area contributed by atoms with Crippen LogP contribution in [-0.2, 0) is 18.3 Å². The van der Waals surface area contributed by atoms with Crippen molar-refractivity contribution >= 4 is 11.9 Å². The molecule has 2 N–H and O–H groups in total. The Morgan fingerprint density at radius 1 is 1.33 bits per heavy atom. The van der Waals surface area contributed by atoms with E-state index in [0.29, 0.717) is 11.9 Å². The number of guanidine groups is 1. The van der Waals surface area contributed by atoms with Crippen LogP contribution in [0.4, 0.5) is 0 Å². The summed E-state index contributed by atoms with van der Waals surface area (Å²) in [5, 5.41) is 11.1. The number of carbonyl (C=O) groups is 1. The molecule has 0 radical (unpaired) electrons. The van der Waals surface area contributed by atoms with Gasteiger partial charge in [-0.15, -0.1) is 0 Å². The van der Waals surface area contributed by atoms with Crippen LogP contribution in [0.5, 0.6) is 0 Å². The monoisotopic (exact) mass is 374 g/mol. The van der Waals surface area contributed by atoms with Gasteiger partial charge in [0.05, 0.1) is 6.20 Å². The molecule has 150 valence electrons. The van der Waals surface area contributed by atoms with Gasteiger partial charge in [0.2, 0.25) is 5.91 Å². The second kappa shape index (κ2) is 9.76. The number of rotatable bonds is 7. The molecule has 0 spiro atoms. The van der Waals surface area contributed by atoms with Gasteiger partial charge in [-0.1, -0.05) is 12.8 Å². The van der Waals surface area contributed by atoms with Crippen molar-refractivity contribution in [1.82, 2.24) is 25.3 Å². The Morgan fingerprint density at radius 3 is 2.85 bits per heavy atom. The molecule has 1 saturated carbocycles. The normalized spacial score (nSPS) is 21.0. The minimum atomic E-state index is 0.276. The topological polar surface area (TPSA) is 74.6 Å². The van der Waals surface area contributed by atoms with Crippen molar-refractivity contribution in [3.05, 3.63) is 18.0 Å². The van der Waals surface area contributed by atoms with Gasteiger partial charge < -0.3 is 15.5 Å². The molecule has 1 amide bonds. The van der Waals surface area contributed by atoms with Gasteiger partial charge in [0.1, 0.15) is 0 Å². The highest BCUT2D eigenvalue weighted by molar-refractivity contribution is 5.81. The number of aryl methyl sites for hydroxylation is 2. The summed E-state index contributed by atoms with van der Waals surface area (Å²) in [6, 6.07) is 0.298. The first-order valence-electron chi connectivity index (χ1n) is 10.5. The van der Waals surface area contributed by atoms with E-state index < -0.39 is 0 Å². The Balaban J connectivity index is 1.43. The summed E-state index contributed by atoms with van der Waals surface area (Å²) in [7, 11) is 1.94. The molecule has 7 heteroatoms. The lowest BCUT2D eigenvalue weighted by atomic mass is 10.1. The third-order valence-corrected chi connectivity index (χ3v) is 5.54. The number of aliphatic imine (C=N–C) groups is 1. The molecule has 3 rings (SSSR count). The van der Waals surface area contributed by atoms with Crippen LogP contribution in [-0.4, -0.2) is 58.8 Å². The molecule has 2 aliphatic rings. The Bertz CT molecular complexity index is 634. The zero-order valence-electron chi connectivity index (χ0n) is 16.8. The average molecular weight is 375 g/mol. The molecule has 1 saturated heterocycles. The van der Waals surface area contributed by atoms with E-state index in [1.54, 1.807) is 0 Å². The van der Waals surface area contributed by atoms with Crippen molar-refractivity contribution in [3.63, 3.8) is 0 Å². The number of hydrogen-bond donors (Lipinski definition) is 2. The molecule has 7 nitrogen and oxygen atoms in total. The van der Waals surface area contributed by atoms with Crippen LogP contribution >= 0.6 is 0 Å². The van der Waals surface area contributed by atoms with Gasteiger partial charge in [-0.2, -0.15) is 5.10 Å². The summed E-state index contributed by atoms with van der Waals surface area (Å²) in [6.45, 7) is 5.37. The maximum atomic E-state index is 12.6. The number of amides is 1. The third-order valence-electron chi connectivity index (χ3n) is 5.54. The zero-order chi connectivity index (χ0) is 19.1. The summed E-state index contributed by atoms with van der Waals surface area (Å²) in [5.41, 5.74) is 1.25. The van der Waals surface area contributed by atoms with E-state index in [1.807, 2.05) is 17.9 Å². The summed E-state index contributed by atoms with van der Waals surface area (Å²) in [6.07, 6.45) is 11.5. The van der Waals surface area contributed by atoms with Crippen LogP contribution in [0.2, 0.25) is 0 Å². The third kappa shape index (κ3) is 5.71. The first-order chi connectivity index (χ1) is 13.2. The lowest BCUT2D eigenvalue weighted by Gasteiger charge is -2.21. The number of hydrogen-bond acceptors (Lipinski definition) is 3.